The third kappa shape index (κ3) is 4.75. The number of carbonyl (C=O) groups excluding carboxylic acids is 2. The molecule has 2 atom stereocenters. The Balaban J connectivity index is 1.31. The van der Waals surface area contributed by atoms with E-state index in [1.165, 1.54) is 11.4 Å². The molecule has 2 aliphatic carbocycles. The number of ether oxygens (including phenoxy) is 1. The summed E-state index contributed by atoms with van der Waals surface area (Å²) in [5.74, 6) is -3.47. The van der Waals surface area contributed by atoms with Gasteiger partial charge in [-0.15, -0.1) is 0 Å². The largest absolute Gasteiger partial charge is 0.479 e. The fraction of sp³-hybridized carbons (Fsp3) is 0.292. The zero-order valence-corrected chi connectivity index (χ0v) is 17.8. The Bertz CT molecular complexity index is 1120. The van der Waals surface area contributed by atoms with E-state index in [0.717, 1.165) is 22.3 Å². The molecule has 0 radical (unpaired) electrons. The van der Waals surface area contributed by atoms with Gasteiger partial charge in [-0.2, -0.15) is 13.2 Å². The number of benzene rings is 2. The third-order valence-corrected chi connectivity index (χ3v) is 5.92. The SMILES string of the molecule is O=C(NC1CC=C(C(=O)NC(C(=O)O)C(F)(F)F)C1)OCC1c2ccccc2-c2ccccc21. The van der Waals surface area contributed by atoms with Crippen molar-refractivity contribution in [3.63, 3.8) is 0 Å². The van der Waals surface area contributed by atoms with Crippen LogP contribution >= 0.6 is 0 Å². The number of amides is 2. The van der Waals surface area contributed by atoms with Crippen LogP contribution in [-0.2, 0) is 14.3 Å². The highest BCUT2D eigenvalue weighted by molar-refractivity contribution is 5.96. The molecule has 34 heavy (non-hydrogen) atoms. The predicted molar refractivity (Wildman–Crippen MR) is 115 cm³/mol. The minimum Gasteiger partial charge on any atom is -0.479 e. The van der Waals surface area contributed by atoms with E-state index >= 15 is 0 Å². The Morgan fingerprint density at radius 2 is 1.62 bits per heavy atom. The van der Waals surface area contributed by atoms with Gasteiger partial charge in [-0.3, -0.25) is 4.79 Å². The second-order valence-electron chi connectivity index (χ2n) is 8.12. The molecule has 0 fully saturated rings. The second-order valence-corrected chi connectivity index (χ2v) is 8.12. The van der Waals surface area contributed by atoms with Crippen LogP contribution in [-0.4, -0.2) is 47.9 Å². The molecule has 0 bridgehead atoms. The number of rotatable bonds is 6. The number of alkyl halides is 3. The lowest BCUT2D eigenvalue weighted by Gasteiger charge is -2.18. The highest BCUT2D eigenvalue weighted by Crippen LogP contribution is 2.44. The van der Waals surface area contributed by atoms with Gasteiger partial charge < -0.3 is 20.5 Å². The van der Waals surface area contributed by atoms with Crippen LogP contribution in [0.3, 0.4) is 0 Å². The molecule has 0 aliphatic heterocycles. The lowest BCUT2D eigenvalue weighted by atomic mass is 9.98. The molecule has 3 N–H and O–H groups in total. The molecule has 0 aromatic heterocycles. The molecule has 178 valence electrons. The smallest absolute Gasteiger partial charge is 0.419 e. The van der Waals surface area contributed by atoms with Gasteiger partial charge in [-0.05, 0) is 35.1 Å². The molecular formula is C24H21F3N2O5. The number of nitrogens with one attached hydrogen (secondary N) is 2. The van der Waals surface area contributed by atoms with Crippen molar-refractivity contribution in [1.29, 1.82) is 0 Å². The topological polar surface area (TPSA) is 105 Å². The number of carbonyl (C=O) groups is 3. The Labute approximate surface area is 192 Å². The number of alkyl carbamates (subject to hydrolysis) is 1. The van der Waals surface area contributed by atoms with Gasteiger partial charge in [-0.25, -0.2) is 9.59 Å². The van der Waals surface area contributed by atoms with E-state index in [1.54, 1.807) is 0 Å². The number of hydrogen-bond donors (Lipinski definition) is 3. The lowest BCUT2D eigenvalue weighted by Crippen LogP contribution is -2.51. The summed E-state index contributed by atoms with van der Waals surface area (Å²) >= 11 is 0. The first-order valence-corrected chi connectivity index (χ1v) is 10.6. The van der Waals surface area contributed by atoms with Crippen LogP contribution in [0.25, 0.3) is 11.1 Å². The van der Waals surface area contributed by atoms with E-state index in [9.17, 15) is 27.6 Å². The summed E-state index contributed by atoms with van der Waals surface area (Å²) < 4.78 is 43.8. The molecule has 4 rings (SSSR count). The maximum absolute atomic E-state index is 12.8. The molecule has 0 saturated heterocycles. The monoisotopic (exact) mass is 474 g/mol. The minimum atomic E-state index is -5.13. The highest BCUT2D eigenvalue weighted by Gasteiger charge is 2.46. The summed E-state index contributed by atoms with van der Waals surface area (Å²) in [7, 11) is 0. The number of carboxylic acids is 1. The third-order valence-electron chi connectivity index (χ3n) is 5.92. The van der Waals surface area contributed by atoms with Crippen LogP contribution in [0.4, 0.5) is 18.0 Å². The highest BCUT2D eigenvalue weighted by atomic mass is 19.4. The Kier molecular flexibility index (Phi) is 6.32. The molecule has 0 heterocycles. The van der Waals surface area contributed by atoms with E-state index in [2.05, 4.69) is 5.32 Å². The number of carboxylic acid groups (broad SMARTS) is 1. The van der Waals surface area contributed by atoms with Gasteiger partial charge in [0.15, 0.2) is 0 Å². The maximum atomic E-state index is 12.8. The van der Waals surface area contributed by atoms with Gasteiger partial charge in [0.1, 0.15) is 6.61 Å². The first-order valence-electron chi connectivity index (χ1n) is 10.6. The minimum absolute atomic E-state index is 0.0283. The average molecular weight is 474 g/mol. The van der Waals surface area contributed by atoms with Crippen molar-refractivity contribution >= 4 is 18.0 Å². The Morgan fingerprint density at radius 1 is 1.03 bits per heavy atom. The van der Waals surface area contributed by atoms with Crippen LogP contribution in [0, 0.1) is 0 Å². The Hall–Kier alpha value is -3.82. The molecule has 0 spiro atoms. The molecule has 2 unspecified atom stereocenters. The van der Waals surface area contributed by atoms with Crippen molar-refractivity contribution in [3.05, 3.63) is 71.3 Å². The van der Waals surface area contributed by atoms with Crippen LogP contribution in [0.5, 0.6) is 0 Å². The van der Waals surface area contributed by atoms with E-state index in [0.29, 0.717) is 0 Å². The second kappa shape index (κ2) is 9.20. The van der Waals surface area contributed by atoms with Gasteiger partial charge in [0.2, 0.25) is 11.9 Å². The molecular weight excluding hydrogens is 453 g/mol. The van der Waals surface area contributed by atoms with E-state index < -0.39 is 36.2 Å². The number of hydrogen-bond acceptors (Lipinski definition) is 4. The number of aliphatic carboxylic acids is 1. The first-order chi connectivity index (χ1) is 16.1. The lowest BCUT2D eigenvalue weighted by molar-refractivity contribution is -0.181. The summed E-state index contributed by atoms with van der Waals surface area (Å²) in [6.45, 7) is 0.0965. The fourth-order valence-electron chi connectivity index (χ4n) is 4.33. The van der Waals surface area contributed by atoms with Gasteiger partial charge in [0, 0.05) is 17.5 Å². The van der Waals surface area contributed by atoms with Gasteiger partial charge in [0.25, 0.3) is 0 Å². The van der Waals surface area contributed by atoms with Gasteiger partial charge in [0.05, 0.1) is 0 Å². The molecule has 2 aromatic carbocycles. The summed E-state index contributed by atoms with van der Waals surface area (Å²) in [5, 5.41) is 12.8. The molecule has 2 aliphatic rings. The maximum Gasteiger partial charge on any atom is 0.419 e. The number of halogens is 3. The van der Waals surface area contributed by atoms with Crippen molar-refractivity contribution < 1.29 is 37.4 Å². The van der Waals surface area contributed by atoms with Gasteiger partial charge >= 0.3 is 18.2 Å². The van der Waals surface area contributed by atoms with Gasteiger partial charge in [-0.1, -0.05) is 54.6 Å². The summed E-state index contributed by atoms with van der Waals surface area (Å²) in [6.07, 6.45) is -4.30. The van der Waals surface area contributed by atoms with Crippen LogP contribution in [0.15, 0.2) is 60.2 Å². The van der Waals surface area contributed by atoms with Crippen molar-refractivity contribution in [1.82, 2.24) is 10.6 Å². The molecule has 2 amide bonds. The zero-order valence-electron chi connectivity index (χ0n) is 17.8. The van der Waals surface area contributed by atoms with Crippen molar-refractivity contribution in [2.24, 2.45) is 0 Å². The predicted octanol–water partition coefficient (Wildman–Crippen LogP) is 3.75. The van der Waals surface area contributed by atoms with Crippen molar-refractivity contribution in [3.8, 4) is 11.1 Å². The molecule has 2 aromatic rings. The van der Waals surface area contributed by atoms with E-state index in [-0.39, 0.29) is 30.9 Å². The summed E-state index contributed by atoms with van der Waals surface area (Å²) in [4.78, 5) is 35.3. The van der Waals surface area contributed by atoms with Crippen LogP contribution in [0.1, 0.15) is 29.9 Å². The normalized spacial score (nSPS) is 17.9. The van der Waals surface area contributed by atoms with Crippen molar-refractivity contribution in [2.75, 3.05) is 6.61 Å². The Morgan fingerprint density at radius 3 is 2.18 bits per heavy atom. The summed E-state index contributed by atoms with van der Waals surface area (Å²) in [6, 6.07) is 12.2. The van der Waals surface area contributed by atoms with Crippen LogP contribution in [0.2, 0.25) is 0 Å². The van der Waals surface area contributed by atoms with Crippen LogP contribution < -0.4 is 10.6 Å². The zero-order chi connectivity index (χ0) is 24.5. The molecule has 10 heteroatoms. The van der Waals surface area contributed by atoms with E-state index in [1.807, 2.05) is 48.5 Å². The van der Waals surface area contributed by atoms with E-state index in [4.69, 9.17) is 9.84 Å². The standard InChI is InChI=1S/C24H21F3N2O5/c25-24(26,27)20(22(31)32)29-21(30)13-9-10-14(11-13)28-23(33)34-12-19-17-7-3-1-5-15(17)16-6-2-4-8-18(16)19/h1-9,14,19-20H,10-12H2,(H,28,33)(H,29,30)(H,31,32). The summed E-state index contributed by atoms with van der Waals surface area (Å²) in [5.41, 5.74) is 4.24. The molecule has 7 nitrogen and oxygen atoms in total. The first kappa shape index (κ1) is 23.3. The van der Waals surface area contributed by atoms with Crippen molar-refractivity contribution in [2.45, 2.75) is 37.0 Å². The number of fused-ring (bicyclic) bond motifs is 3. The molecule has 0 saturated carbocycles. The fourth-order valence-corrected chi connectivity index (χ4v) is 4.33. The quantitative estimate of drug-likeness (QED) is 0.592. The average Bonchev–Trinajstić information content (AvgIpc) is 3.37.